The number of hydrogen-bond donors (Lipinski definition) is 0. The van der Waals surface area contributed by atoms with E-state index >= 15 is 0 Å². The van der Waals surface area contributed by atoms with Gasteiger partial charge in [-0.05, 0) is 98.5 Å². The van der Waals surface area contributed by atoms with Crippen molar-refractivity contribution in [3.8, 4) is 67.5 Å². The number of aromatic nitrogens is 3. The van der Waals surface area contributed by atoms with E-state index in [9.17, 15) is 0 Å². The zero-order valence-corrected chi connectivity index (χ0v) is 39.9. The first-order valence-electron chi connectivity index (χ1n) is 23.6. The minimum absolute atomic E-state index is 0.561. The SMILES string of the molecule is C=Cc1sc2c(-c3nc(-c4ccc(-c5cccc(-c6ccc7sc8ccccc8c7c6)c5)cc4)nc(-c4cccc5c4-c4ccccc4C5(c4ccccc4)c4ccccc4)n3)cccc2c1/C=C\C. The molecule has 0 spiro atoms. The van der Waals surface area contributed by atoms with Crippen molar-refractivity contribution in [3.63, 3.8) is 0 Å². The first-order chi connectivity index (χ1) is 34.6. The highest BCUT2D eigenvalue weighted by Crippen LogP contribution is 2.58. The van der Waals surface area contributed by atoms with Gasteiger partial charge in [-0.1, -0.05) is 207 Å². The van der Waals surface area contributed by atoms with Gasteiger partial charge in [0.05, 0.1) is 5.41 Å². The van der Waals surface area contributed by atoms with Crippen molar-refractivity contribution < 1.29 is 0 Å². The molecule has 5 heteroatoms. The molecule has 12 aromatic rings. The molecule has 0 aliphatic heterocycles. The van der Waals surface area contributed by atoms with E-state index < -0.39 is 5.41 Å². The Morgan fingerprint density at radius 2 is 0.986 bits per heavy atom. The van der Waals surface area contributed by atoms with Gasteiger partial charge in [0.1, 0.15) is 0 Å². The second kappa shape index (κ2) is 17.0. The van der Waals surface area contributed by atoms with Gasteiger partial charge in [0.15, 0.2) is 17.5 Å². The minimum atomic E-state index is -0.561. The highest BCUT2D eigenvalue weighted by atomic mass is 32.1. The van der Waals surface area contributed by atoms with Crippen LogP contribution >= 0.6 is 22.7 Å². The molecule has 70 heavy (non-hydrogen) atoms. The van der Waals surface area contributed by atoms with Crippen LogP contribution in [0.5, 0.6) is 0 Å². The topological polar surface area (TPSA) is 38.7 Å². The first-order valence-corrected chi connectivity index (χ1v) is 25.3. The van der Waals surface area contributed by atoms with Gasteiger partial charge in [-0.25, -0.2) is 15.0 Å². The molecule has 0 N–H and O–H groups in total. The van der Waals surface area contributed by atoms with Crippen molar-refractivity contribution in [1.82, 2.24) is 15.0 Å². The van der Waals surface area contributed by atoms with Crippen LogP contribution in [0, 0.1) is 0 Å². The normalized spacial score (nSPS) is 12.8. The molecular weight excluding hydrogens is 887 g/mol. The second-order valence-corrected chi connectivity index (χ2v) is 19.9. The average molecular weight is 930 g/mol. The lowest BCUT2D eigenvalue weighted by Crippen LogP contribution is -2.28. The molecule has 3 aromatic heterocycles. The first kappa shape index (κ1) is 41.8. The quantitative estimate of drug-likeness (QED) is 0.145. The zero-order valence-electron chi connectivity index (χ0n) is 38.3. The standard InChI is InChI=1S/C65H43N3S2/c1-3-18-48-50-27-16-29-53(61(50)70-57(48)4-2)64-67-62(42-35-33-41(34-36-42)43-19-15-20-44(39-43)45-37-38-59-54(40-45)49-25-12-14-32-58(49)69-59)66-63(68-64)52-28-17-31-56-60(52)51-26-11-13-30-55(51)65(56,46-21-7-5-8-22-46)47-23-9-6-10-24-47/h3-40H,2H2,1H3/b18-3-. The molecule has 0 atom stereocenters. The van der Waals surface area contributed by atoms with E-state index in [4.69, 9.17) is 15.0 Å². The number of thiophene rings is 2. The molecule has 3 heterocycles. The smallest absolute Gasteiger partial charge is 0.165 e. The molecule has 13 rings (SSSR count). The highest BCUT2D eigenvalue weighted by Gasteiger charge is 2.47. The van der Waals surface area contributed by atoms with Gasteiger partial charge >= 0.3 is 0 Å². The fraction of sp³-hybridized carbons (Fsp3) is 0.0308. The van der Waals surface area contributed by atoms with Crippen LogP contribution in [0.25, 0.3) is 110 Å². The fourth-order valence-electron chi connectivity index (χ4n) is 10.8. The molecule has 0 bridgehead atoms. The molecule has 330 valence electrons. The number of rotatable bonds is 9. The third-order valence-electron chi connectivity index (χ3n) is 14.0. The zero-order chi connectivity index (χ0) is 46.8. The van der Waals surface area contributed by atoms with Gasteiger partial charge in [0.25, 0.3) is 0 Å². The van der Waals surface area contributed by atoms with E-state index in [0.717, 1.165) is 53.9 Å². The Hall–Kier alpha value is -8.35. The average Bonchev–Trinajstić information content (AvgIpc) is 4.09. The summed E-state index contributed by atoms with van der Waals surface area (Å²) in [6, 6.07) is 76.9. The Labute approximate surface area is 415 Å². The number of hydrogen-bond acceptors (Lipinski definition) is 5. The minimum Gasteiger partial charge on any atom is -0.208 e. The lowest BCUT2D eigenvalue weighted by atomic mass is 9.67. The van der Waals surface area contributed by atoms with Crippen molar-refractivity contribution in [2.45, 2.75) is 12.3 Å². The monoisotopic (exact) mass is 929 g/mol. The van der Waals surface area contributed by atoms with Gasteiger partial charge < -0.3 is 0 Å². The summed E-state index contributed by atoms with van der Waals surface area (Å²) in [7, 11) is 0. The van der Waals surface area contributed by atoms with Crippen molar-refractivity contribution >= 4 is 65.1 Å². The van der Waals surface area contributed by atoms with Crippen LogP contribution < -0.4 is 0 Å². The molecule has 0 saturated carbocycles. The van der Waals surface area contributed by atoms with Crippen LogP contribution in [0.4, 0.5) is 0 Å². The Kier molecular flexibility index (Phi) is 10.2. The van der Waals surface area contributed by atoms with Crippen LogP contribution in [-0.2, 0) is 5.41 Å². The molecule has 1 aliphatic rings. The molecule has 0 fully saturated rings. The summed E-state index contributed by atoms with van der Waals surface area (Å²) in [6.45, 7) is 6.25. The third-order valence-corrected chi connectivity index (χ3v) is 16.4. The molecule has 3 nitrogen and oxygen atoms in total. The fourth-order valence-corrected chi connectivity index (χ4v) is 13.1. The summed E-state index contributed by atoms with van der Waals surface area (Å²) in [5, 5.41) is 3.76. The van der Waals surface area contributed by atoms with E-state index in [-0.39, 0.29) is 0 Å². The maximum absolute atomic E-state index is 5.48. The number of fused-ring (bicyclic) bond motifs is 7. The lowest BCUT2D eigenvalue weighted by molar-refractivity contribution is 0.768. The van der Waals surface area contributed by atoms with E-state index in [2.05, 4.69) is 238 Å². The predicted octanol–water partition coefficient (Wildman–Crippen LogP) is 17.8. The molecule has 0 saturated heterocycles. The van der Waals surface area contributed by atoms with E-state index in [1.165, 1.54) is 59.1 Å². The van der Waals surface area contributed by atoms with Crippen LogP contribution in [0.2, 0.25) is 0 Å². The number of nitrogens with zero attached hydrogens (tertiary/aromatic N) is 3. The Balaban J connectivity index is 0.979. The van der Waals surface area contributed by atoms with Gasteiger partial charge in [-0.3, -0.25) is 0 Å². The maximum Gasteiger partial charge on any atom is 0.165 e. The molecule has 0 amide bonds. The Morgan fingerprint density at radius 1 is 0.429 bits per heavy atom. The Morgan fingerprint density at radius 3 is 1.76 bits per heavy atom. The Bertz CT molecular complexity index is 3990. The van der Waals surface area contributed by atoms with Crippen molar-refractivity contribution in [1.29, 1.82) is 0 Å². The molecular formula is C65H43N3S2. The summed E-state index contributed by atoms with van der Waals surface area (Å²) >= 11 is 3.57. The molecule has 0 unspecified atom stereocenters. The van der Waals surface area contributed by atoms with Crippen LogP contribution in [-0.4, -0.2) is 15.0 Å². The number of allylic oxidation sites excluding steroid dienone is 1. The third kappa shape index (κ3) is 6.65. The molecule has 9 aromatic carbocycles. The summed E-state index contributed by atoms with van der Waals surface area (Å²) in [6.07, 6.45) is 6.21. The van der Waals surface area contributed by atoms with E-state index in [1.807, 2.05) is 17.4 Å². The van der Waals surface area contributed by atoms with Gasteiger partial charge in [-0.15, -0.1) is 22.7 Å². The summed E-state index contributed by atoms with van der Waals surface area (Å²) in [4.78, 5) is 17.4. The van der Waals surface area contributed by atoms with Gasteiger partial charge in [0.2, 0.25) is 0 Å². The summed E-state index contributed by atoms with van der Waals surface area (Å²) in [5.74, 6) is 1.87. The van der Waals surface area contributed by atoms with Crippen molar-refractivity contribution in [3.05, 3.63) is 258 Å². The summed E-state index contributed by atoms with van der Waals surface area (Å²) in [5.41, 5.74) is 15.3. The predicted molar refractivity (Wildman–Crippen MR) is 297 cm³/mol. The highest BCUT2D eigenvalue weighted by molar-refractivity contribution is 7.25. The van der Waals surface area contributed by atoms with Gasteiger partial charge in [-0.2, -0.15) is 0 Å². The van der Waals surface area contributed by atoms with Crippen molar-refractivity contribution in [2.24, 2.45) is 0 Å². The summed E-state index contributed by atoms with van der Waals surface area (Å²) < 4.78 is 3.74. The van der Waals surface area contributed by atoms with Crippen LogP contribution in [0.1, 0.15) is 39.6 Å². The van der Waals surface area contributed by atoms with Crippen molar-refractivity contribution in [2.75, 3.05) is 0 Å². The van der Waals surface area contributed by atoms with E-state index in [1.54, 1.807) is 11.3 Å². The molecule has 0 radical (unpaired) electrons. The second-order valence-electron chi connectivity index (χ2n) is 17.8. The van der Waals surface area contributed by atoms with Crippen LogP contribution in [0.15, 0.2) is 225 Å². The number of benzene rings is 9. The van der Waals surface area contributed by atoms with E-state index in [0.29, 0.717) is 17.5 Å². The van der Waals surface area contributed by atoms with Gasteiger partial charge in [0, 0.05) is 51.8 Å². The maximum atomic E-state index is 5.48. The lowest BCUT2D eigenvalue weighted by Gasteiger charge is -2.33. The van der Waals surface area contributed by atoms with Crippen LogP contribution in [0.3, 0.4) is 0 Å². The largest absolute Gasteiger partial charge is 0.208 e. The molecule has 1 aliphatic carbocycles.